The summed E-state index contributed by atoms with van der Waals surface area (Å²) in [6.07, 6.45) is 9.20. The Morgan fingerprint density at radius 3 is 2.93 bits per heavy atom. The Balaban J connectivity index is 1.15. The number of benzene rings is 1. The highest BCUT2D eigenvalue weighted by molar-refractivity contribution is 7.11. The second-order valence-electron chi connectivity index (χ2n) is 7.50. The summed E-state index contributed by atoms with van der Waals surface area (Å²) in [4.78, 5) is 10.7. The third kappa shape index (κ3) is 4.85. The summed E-state index contributed by atoms with van der Waals surface area (Å²) in [5.74, 6) is 1.93. The van der Waals surface area contributed by atoms with Crippen molar-refractivity contribution >= 4 is 17.3 Å². The fraction of sp³-hybridized carbons (Fsp3) is 0.545. The van der Waals surface area contributed by atoms with Gasteiger partial charge in [-0.05, 0) is 55.7 Å². The van der Waals surface area contributed by atoms with Crippen LogP contribution in [0, 0.1) is 0 Å². The lowest BCUT2D eigenvalue weighted by Gasteiger charge is -2.12. The number of hydrogen-bond acceptors (Lipinski definition) is 4. The molecule has 0 fully saturated rings. The van der Waals surface area contributed by atoms with Crippen LogP contribution in [0.3, 0.4) is 0 Å². The minimum absolute atomic E-state index is 0.817. The molecule has 2 N–H and O–H groups in total. The van der Waals surface area contributed by atoms with Crippen molar-refractivity contribution < 1.29 is 4.74 Å². The Kier molecular flexibility index (Phi) is 6.47. The number of thiazole rings is 1. The lowest BCUT2D eigenvalue weighted by Crippen LogP contribution is -2.38. The number of aromatic nitrogens is 1. The molecule has 28 heavy (non-hydrogen) atoms. The van der Waals surface area contributed by atoms with Crippen molar-refractivity contribution in [3.8, 4) is 5.75 Å². The van der Waals surface area contributed by atoms with Crippen LogP contribution in [0.25, 0.3) is 0 Å². The van der Waals surface area contributed by atoms with Crippen molar-refractivity contribution in [2.45, 2.75) is 51.4 Å². The van der Waals surface area contributed by atoms with Crippen molar-refractivity contribution in [3.63, 3.8) is 0 Å². The molecule has 0 spiro atoms. The molecule has 0 bridgehead atoms. The van der Waals surface area contributed by atoms with Crippen molar-refractivity contribution in [1.29, 1.82) is 0 Å². The minimum atomic E-state index is 0.817. The van der Waals surface area contributed by atoms with Gasteiger partial charge in [-0.2, -0.15) is 0 Å². The van der Waals surface area contributed by atoms with Gasteiger partial charge < -0.3 is 15.4 Å². The van der Waals surface area contributed by atoms with Gasteiger partial charge in [0.15, 0.2) is 5.96 Å². The molecule has 1 aliphatic carbocycles. The van der Waals surface area contributed by atoms with Crippen molar-refractivity contribution in [3.05, 3.63) is 44.9 Å². The molecule has 6 heteroatoms. The van der Waals surface area contributed by atoms with Gasteiger partial charge in [-0.15, -0.1) is 11.3 Å². The second-order valence-corrected chi connectivity index (χ2v) is 8.67. The Labute approximate surface area is 171 Å². The Morgan fingerprint density at radius 2 is 2.04 bits per heavy atom. The van der Waals surface area contributed by atoms with E-state index in [4.69, 9.17) is 9.72 Å². The first kappa shape index (κ1) is 19.2. The van der Waals surface area contributed by atoms with E-state index in [0.29, 0.717) is 0 Å². The van der Waals surface area contributed by atoms with Gasteiger partial charge in [-0.3, -0.25) is 4.99 Å². The number of nitrogens with one attached hydrogen (secondary N) is 2. The molecule has 2 heterocycles. The molecule has 1 aliphatic heterocycles. The van der Waals surface area contributed by atoms with Gasteiger partial charge in [-0.25, -0.2) is 4.98 Å². The number of aryl methyl sites for hydroxylation is 3. The van der Waals surface area contributed by atoms with Crippen LogP contribution >= 0.6 is 11.3 Å². The molecule has 2 aromatic rings. The smallest absolute Gasteiger partial charge is 0.190 e. The molecule has 4 rings (SSSR count). The van der Waals surface area contributed by atoms with Crippen LogP contribution in [0.2, 0.25) is 0 Å². The van der Waals surface area contributed by atoms with E-state index in [0.717, 1.165) is 57.1 Å². The van der Waals surface area contributed by atoms with Crippen LogP contribution in [0.5, 0.6) is 5.75 Å². The zero-order valence-electron chi connectivity index (χ0n) is 16.7. The molecule has 0 radical (unpaired) electrons. The summed E-state index contributed by atoms with van der Waals surface area (Å²) in [5, 5.41) is 8.15. The van der Waals surface area contributed by atoms with Crippen LogP contribution in [0.1, 0.15) is 46.0 Å². The van der Waals surface area contributed by atoms with E-state index < -0.39 is 0 Å². The molecule has 0 atom stereocenters. The zero-order valence-corrected chi connectivity index (χ0v) is 17.5. The standard InChI is InChI=1S/C22H30N4OS/c1-23-22(25-13-10-16-8-9-19-17(15-16)11-14-27-19)24-12-4-7-21-26-18-5-2-3-6-20(18)28-21/h8-9,15H,2-7,10-14H2,1H3,(H2,23,24,25). The average molecular weight is 399 g/mol. The van der Waals surface area contributed by atoms with E-state index in [-0.39, 0.29) is 0 Å². The van der Waals surface area contributed by atoms with Gasteiger partial charge in [0.05, 0.1) is 17.3 Å². The lowest BCUT2D eigenvalue weighted by atomic mass is 10.0. The first-order valence-electron chi connectivity index (χ1n) is 10.5. The lowest BCUT2D eigenvalue weighted by molar-refractivity contribution is 0.357. The molecule has 0 unspecified atom stereocenters. The largest absolute Gasteiger partial charge is 0.493 e. The molecule has 1 aromatic carbocycles. The fourth-order valence-electron chi connectivity index (χ4n) is 3.90. The van der Waals surface area contributed by atoms with E-state index in [1.807, 2.05) is 18.4 Å². The highest BCUT2D eigenvalue weighted by atomic mass is 32.1. The molecule has 0 saturated heterocycles. The quantitative estimate of drug-likeness (QED) is 0.427. The highest BCUT2D eigenvalue weighted by Crippen LogP contribution is 2.27. The molecule has 1 aromatic heterocycles. The molecule has 0 amide bonds. The maximum absolute atomic E-state index is 5.58. The molecule has 150 valence electrons. The maximum atomic E-state index is 5.58. The van der Waals surface area contributed by atoms with E-state index in [9.17, 15) is 0 Å². The fourth-order valence-corrected chi connectivity index (χ4v) is 5.10. The summed E-state index contributed by atoms with van der Waals surface area (Å²) in [5.41, 5.74) is 4.05. The van der Waals surface area contributed by atoms with Gasteiger partial charge in [0.25, 0.3) is 0 Å². The van der Waals surface area contributed by atoms with Gasteiger partial charge in [0.1, 0.15) is 5.75 Å². The topological polar surface area (TPSA) is 58.5 Å². The number of nitrogens with zero attached hydrogens (tertiary/aromatic N) is 2. The first-order chi connectivity index (χ1) is 13.8. The molecule has 2 aliphatic rings. The van der Waals surface area contributed by atoms with Gasteiger partial charge >= 0.3 is 0 Å². The molecule has 5 nitrogen and oxygen atoms in total. The highest BCUT2D eigenvalue weighted by Gasteiger charge is 2.15. The first-order valence-corrected chi connectivity index (χ1v) is 11.3. The van der Waals surface area contributed by atoms with Crippen LogP contribution in [0.4, 0.5) is 0 Å². The number of rotatable bonds is 7. The Morgan fingerprint density at radius 1 is 1.14 bits per heavy atom. The zero-order chi connectivity index (χ0) is 19.2. The van der Waals surface area contributed by atoms with Crippen LogP contribution < -0.4 is 15.4 Å². The molecule has 0 saturated carbocycles. The predicted octanol–water partition coefficient (Wildman–Crippen LogP) is 3.30. The number of aliphatic imine (C=N–C) groups is 1. The van der Waals surface area contributed by atoms with Crippen LogP contribution in [0.15, 0.2) is 23.2 Å². The number of hydrogen-bond donors (Lipinski definition) is 2. The summed E-state index contributed by atoms with van der Waals surface area (Å²) < 4.78 is 5.58. The van der Waals surface area contributed by atoms with E-state index in [1.54, 1.807) is 0 Å². The second kappa shape index (κ2) is 9.41. The number of guanidine groups is 1. The van der Waals surface area contributed by atoms with E-state index in [2.05, 4.69) is 33.8 Å². The normalized spacial score (nSPS) is 15.7. The van der Waals surface area contributed by atoms with Gasteiger partial charge in [-0.1, -0.05) is 12.1 Å². The molecular formula is C22H30N4OS. The SMILES string of the molecule is CN=C(NCCCc1nc2c(s1)CCCC2)NCCc1ccc2c(c1)CCO2. The van der Waals surface area contributed by atoms with Crippen LogP contribution in [-0.2, 0) is 32.1 Å². The number of fused-ring (bicyclic) bond motifs is 2. The monoisotopic (exact) mass is 398 g/mol. The maximum Gasteiger partial charge on any atom is 0.190 e. The molecular weight excluding hydrogens is 368 g/mol. The Bertz CT molecular complexity index is 806. The third-order valence-electron chi connectivity index (χ3n) is 5.43. The van der Waals surface area contributed by atoms with Crippen LogP contribution in [-0.4, -0.2) is 37.7 Å². The van der Waals surface area contributed by atoms with Crippen molar-refractivity contribution in [1.82, 2.24) is 15.6 Å². The van der Waals surface area contributed by atoms with Crippen molar-refractivity contribution in [2.24, 2.45) is 4.99 Å². The summed E-state index contributed by atoms with van der Waals surface area (Å²) >= 11 is 1.93. The predicted molar refractivity (Wildman–Crippen MR) is 116 cm³/mol. The van der Waals surface area contributed by atoms with E-state index >= 15 is 0 Å². The summed E-state index contributed by atoms with van der Waals surface area (Å²) in [6.45, 7) is 2.61. The summed E-state index contributed by atoms with van der Waals surface area (Å²) in [7, 11) is 1.83. The van der Waals surface area contributed by atoms with Gasteiger partial charge in [0.2, 0.25) is 0 Å². The average Bonchev–Trinajstić information content (AvgIpc) is 3.35. The number of ether oxygens (including phenoxy) is 1. The van der Waals surface area contributed by atoms with Crippen molar-refractivity contribution in [2.75, 3.05) is 26.7 Å². The minimum Gasteiger partial charge on any atom is -0.493 e. The Hall–Kier alpha value is -2.08. The summed E-state index contributed by atoms with van der Waals surface area (Å²) in [6, 6.07) is 6.53. The van der Waals surface area contributed by atoms with E-state index in [1.165, 1.54) is 52.4 Å². The third-order valence-corrected chi connectivity index (χ3v) is 6.65. The van der Waals surface area contributed by atoms with Gasteiger partial charge in [0, 0.05) is 37.9 Å².